The Morgan fingerprint density at radius 1 is 1.57 bits per heavy atom. The summed E-state index contributed by atoms with van der Waals surface area (Å²) in [5, 5.41) is 8.51. The van der Waals surface area contributed by atoms with Crippen LogP contribution in [0, 0.1) is 0 Å². The van der Waals surface area contributed by atoms with Gasteiger partial charge >= 0.3 is 5.97 Å². The van der Waals surface area contributed by atoms with Gasteiger partial charge in [-0.1, -0.05) is 6.58 Å². The monoisotopic (exact) mass is 195 g/mol. The van der Waals surface area contributed by atoms with Crippen LogP contribution in [0.5, 0.6) is 0 Å². The fourth-order valence-corrected chi connectivity index (χ4v) is 1.05. The molecule has 14 heavy (non-hydrogen) atoms. The fraction of sp³-hybridized carbons (Fsp3) is 0.222. The van der Waals surface area contributed by atoms with Gasteiger partial charge in [0.25, 0.3) is 11.8 Å². The van der Waals surface area contributed by atoms with E-state index < -0.39 is 17.8 Å². The van der Waals surface area contributed by atoms with Gasteiger partial charge in [-0.25, -0.2) is 4.79 Å². The van der Waals surface area contributed by atoms with Gasteiger partial charge in [-0.3, -0.25) is 14.5 Å². The van der Waals surface area contributed by atoms with Gasteiger partial charge in [0.2, 0.25) is 0 Å². The number of carboxylic acids is 1. The number of hydrogen-bond acceptors (Lipinski definition) is 3. The van der Waals surface area contributed by atoms with Gasteiger partial charge in [0, 0.05) is 17.2 Å². The van der Waals surface area contributed by atoms with Gasteiger partial charge in [-0.2, -0.15) is 0 Å². The zero-order valence-electron chi connectivity index (χ0n) is 7.61. The summed E-state index contributed by atoms with van der Waals surface area (Å²) in [6, 6.07) is 0. The molecule has 1 N–H and O–H groups in total. The molecule has 0 bridgehead atoms. The van der Waals surface area contributed by atoms with Crippen LogP contribution in [-0.4, -0.2) is 34.3 Å². The van der Waals surface area contributed by atoms with Crippen LogP contribution in [0.4, 0.5) is 0 Å². The summed E-state index contributed by atoms with van der Waals surface area (Å²) in [7, 11) is 0. The normalized spacial score (nSPS) is 15.8. The number of carboxylic acid groups (broad SMARTS) is 1. The summed E-state index contributed by atoms with van der Waals surface area (Å²) in [6.45, 7) is 4.48. The van der Waals surface area contributed by atoms with Crippen LogP contribution < -0.4 is 0 Å². The standard InChI is InChI=1S/C9H9NO4/c1-5-3-7(11)10(8(5)12)4-6(2)9(13)14/h3H,2,4H2,1H3,(H,13,14). The van der Waals surface area contributed by atoms with Crippen molar-refractivity contribution in [1.82, 2.24) is 4.90 Å². The molecule has 0 spiro atoms. The SMILES string of the molecule is C=C(CN1C(=O)C=C(C)C1=O)C(=O)O. The minimum atomic E-state index is -1.21. The molecule has 74 valence electrons. The van der Waals surface area contributed by atoms with Crippen LogP contribution in [0.1, 0.15) is 6.92 Å². The quantitative estimate of drug-likeness (QED) is 0.505. The second kappa shape index (κ2) is 3.45. The highest BCUT2D eigenvalue weighted by atomic mass is 16.4. The van der Waals surface area contributed by atoms with Crippen molar-refractivity contribution in [2.24, 2.45) is 0 Å². The van der Waals surface area contributed by atoms with Gasteiger partial charge in [-0.05, 0) is 6.92 Å². The first-order valence-electron chi connectivity index (χ1n) is 3.88. The largest absolute Gasteiger partial charge is 0.478 e. The third-order valence-corrected chi connectivity index (χ3v) is 1.84. The lowest BCUT2D eigenvalue weighted by molar-refractivity contribution is -0.137. The van der Waals surface area contributed by atoms with Crippen molar-refractivity contribution in [3.05, 3.63) is 23.8 Å². The summed E-state index contributed by atoms with van der Waals surface area (Å²) >= 11 is 0. The number of aliphatic carboxylic acids is 1. The van der Waals surface area contributed by atoms with Crippen LogP contribution >= 0.6 is 0 Å². The summed E-state index contributed by atoms with van der Waals surface area (Å²) in [6.07, 6.45) is 1.18. The van der Waals surface area contributed by atoms with Gasteiger partial charge < -0.3 is 5.11 Å². The van der Waals surface area contributed by atoms with Crippen molar-refractivity contribution in [2.75, 3.05) is 6.54 Å². The van der Waals surface area contributed by atoms with E-state index >= 15 is 0 Å². The third-order valence-electron chi connectivity index (χ3n) is 1.84. The van der Waals surface area contributed by atoms with E-state index in [9.17, 15) is 14.4 Å². The Balaban J connectivity index is 2.74. The van der Waals surface area contributed by atoms with E-state index in [4.69, 9.17) is 5.11 Å². The van der Waals surface area contributed by atoms with Crippen molar-refractivity contribution < 1.29 is 19.5 Å². The molecule has 0 aromatic carbocycles. The van der Waals surface area contributed by atoms with Crippen LogP contribution in [0.2, 0.25) is 0 Å². The lowest BCUT2D eigenvalue weighted by atomic mass is 10.3. The van der Waals surface area contributed by atoms with E-state index in [1.807, 2.05) is 0 Å². The molecular formula is C9H9NO4. The number of carbonyl (C=O) groups excluding carboxylic acids is 2. The number of hydrogen-bond donors (Lipinski definition) is 1. The van der Waals surface area contributed by atoms with E-state index in [1.54, 1.807) is 0 Å². The average Bonchev–Trinajstić information content (AvgIpc) is 2.32. The van der Waals surface area contributed by atoms with E-state index in [0.717, 1.165) is 4.90 Å². The fourth-order valence-electron chi connectivity index (χ4n) is 1.05. The van der Waals surface area contributed by atoms with Gasteiger partial charge in [0.1, 0.15) is 0 Å². The predicted molar refractivity (Wildman–Crippen MR) is 47.3 cm³/mol. The van der Waals surface area contributed by atoms with Crippen LogP contribution in [0.25, 0.3) is 0 Å². The molecule has 0 aromatic heterocycles. The average molecular weight is 195 g/mol. The lowest BCUT2D eigenvalue weighted by Crippen LogP contribution is -2.33. The first kappa shape index (κ1) is 10.2. The lowest BCUT2D eigenvalue weighted by Gasteiger charge is -2.13. The molecule has 1 aliphatic rings. The summed E-state index contributed by atoms with van der Waals surface area (Å²) < 4.78 is 0. The highest BCUT2D eigenvalue weighted by Crippen LogP contribution is 2.13. The molecule has 0 aliphatic carbocycles. The molecule has 0 aromatic rings. The van der Waals surface area contributed by atoms with Crippen LogP contribution in [-0.2, 0) is 14.4 Å². The number of carbonyl (C=O) groups is 3. The number of imide groups is 1. The molecule has 1 heterocycles. The van der Waals surface area contributed by atoms with E-state index in [0.29, 0.717) is 5.57 Å². The molecule has 0 unspecified atom stereocenters. The number of rotatable bonds is 3. The Bertz CT molecular complexity index is 367. The van der Waals surface area contributed by atoms with Crippen molar-refractivity contribution in [3.8, 4) is 0 Å². The smallest absolute Gasteiger partial charge is 0.332 e. The predicted octanol–water partition coefficient (Wildman–Crippen LogP) is -0.0577. The molecule has 0 fully saturated rings. The molecular weight excluding hydrogens is 186 g/mol. The van der Waals surface area contributed by atoms with E-state index in [-0.39, 0.29) is 12.1 Å². The first-order valence-corrected chi connectivity index (χ1v) is 3.88. The van der Waals surface area contributed by atoms with Gasteiger partial charge in [0.05, 0.1) is 6.54 Å². The Labute approximate surface area is 80.3 Å². The molecule has 0 saturated carbocycles. The summed E-state index contributed by atoms with van der Waals surface area (Å²) in [5.74, 6) is -2.16. The first-order chi connectivity index (χ1) is 6.43. The number of nitrogens with zero attached hydrogens (tertiary/aromatic N) is 1. The Morgan fingerprint density at radius 3 is 2.50 bits per heavy atom. The maximum absolute atomic E-state index is 11.3. The van der Waals surface area contributed by atoms with Gasteiger partial charge in [-0.15, -0.1) is 0 Å². The molecule has 0 atom stereocenters. The maximum atomic E-state index is 11.3. The molecule has 0 radical (unpaired) electrons. The highest BCUT2D eigenvalue weighted by molar-refractivity contribution is 6.16. The Morgan fingerprint density at radius 2 is 2.14 bits per heavy atom. The zero-order valence-corrected chi connectivity index (χ0v) is 7.61. The van der Waals surface area contributed by atoms with Gasteiger partial charge in [0.15, 0.2) is 0 Å². The number of amides is 2. The van der Waals surface area contributed by atoms with E-state index in [1.165, 1.54) is 13.0 Å². The van der Waals surface area contributed by atoms with Crippen molar-refractivity contribution in [3.63, 3.8) is 0 Å². The van der Waals surface area contributed by atoms with Crippen molar-refractivity contribution in [1.29, 1.82) is 0 Å². The van der Waals surface area contributed by atoms with Crippen molar-refractivity contribution >= 4 is 17.8 Å². The summed E-state index contributed by atoms with van der Waals surface area (Å²) in [5.41, 5.74) is 0.128. The molecule has 2 amide bonds. The molecule has 5 nitrogen and oxygen atoms in total. The maximum Gasteiger partial charge on any atom is 0.332 e. The highest BCUT2D eigenvalue weighted by Gasteiger charge is 2.29. The second-order valence-corrected chi connectivity index (χ2v) is 2.97. The minimum Gasteiger partial charge on any atom is -0.478 e. The third kappa shape index (κ3) is 1.71. The van der Waals surface area contributed by atoms with Crippen LogP contribution in [0.15, 0.2) is 23.8 Å². The molecule has 0 saturated heterocycles. The van der Waals surface area contributed by atoms with Crippen molar-refractivity contribution in [2.45, 2.75) is 6.92 Å². The minimum absolute atomic E-state index is 0.185. The topological polar surface area (TPSA) is 74.7 Å². The molecule has 1 rings (SSSR count). The second-order valence-electron chi connectivity index (χ2n) is 2.97. The molecule has 1 aliphatic heterocycles. The van der Waals surface area contributed by atoms with E-state index in [2.05, 4.69) is 6.58 Å². The summed E-state index contributed by atoms with van der Waals surface area (Å²) in [4.78, 5) is 33.7. The Hall–Kier alpha value is -1.91. The zero-order chi connectivity index (χ0) is 10.9. The van der Waals surface area contributed by atoms with Crippen LogP contribution in [0.3, 0.4) is 0 Å². The Kier molecular flexibility index (Phi) is 2.51. The molecule has 5 heteroatoms.